The van der Waals surface area contributed by atoms with E-state index in [1.807, 2.05) is 13.8 Å². The number of para-hydroxylation sites is 1. The predicted molar refractivity (Wildman–Crippen MR) is 132 cm³/mol. The number of sulfonamides is 1. The number of rotatable bonds is 12. The highest BCUT2D eigenvalue weighted by atomic mass is 32.2. The van der Waals surface area contributed by atoms with E-state index < -0.39 is 16.1 Å². The molecular weight excluding hydrogens is 457 g/mol. The molecule has 2 rings (SSSR count). The molecule has 0 aliphatic heterocycles. The highest BCUT2D eigenvalue weighted by molar-refractivity contribution is 7.92. The van der Waals surface area contributed by atoms with Crippen molar-refractivity contribution in [2.45, 2.75) is 46.2 Å². The van der Waals surface area contributed by atoms with Crippen molar-refractivity contribution >= 4 is 27.5 Å². The molecular formula is C25H34FN3O4S. The maximum absolute atomic E-state index is 13.3. The molecule has 0 radical (unpaired) electrons. The first-order valence-corrected chi connectivity index (χ1v) is 13.2. The minimum absolute atomic E-state index is 0.0574. The van der Waals surface area contributed by atoms with Crippen LogP contribution in [-0.2, 0) is 26.2 Å². The second-order valence-corrected chi connectivity index (χ2v) is 10.6. The molecule has 0 heterocycles. The number of amides is 2. The molecule has 9 heteroatoms. The van der Waals surface area contributed by atoms with Crippen molar-refractivity contribution in [3.8, 4) is 0 Å². The number of nitrogens with one attached hydrogen (secondary N) is 1. The lowest BCUT2D eigenvalue weighted by Gasteiger charge is -2.29. The van der Waals surface area contributed by atoms with Crippen molar-refractivity contribution in [3.63, 3.8) is 0 Å². The van der Waals surface area contributed by atoms with Gasteiger partial charge in [-0.2, -0.15) is 0 Å². The third-order valence-electron chi connectivity index (χ3n) is 5.31. The van der Waals surface area contributed by atoms with Crippen molar-refractivity contribution in [3.05, 3.63) is 66.0 Å². The summed E-state index contributed by atoms with van der Waals surface area (Å²) in [5.74, 6) is -0.673. The zero-order valence-electron chi connectivity index (χ0n) is 20.2. The average molecular weight is 492 g/mol. The molecule has 2 aromatic carbocycles. The first-order chi connectivity index (χ1) is 16.0. The van der Waals surface area contributed by atoms with Crippen molar-refractivity contribution in [1.82, 2.24) is 10.2 Å². The monoisotopic (exact) mass is 491 g/mol. The number of halogens is 1. The van der Waals surface area contributed by atoms with Gasteiger partial charge >= 0.3 is 0 Å². The molecule has 0 saturated carbocycles. The van der Waals surface area contributed by atoms with Crippen LogP contribution in [0.1, 0.15) is 39.2 Å². The number of benzene rings is 2. The molecule has 186 valence electrons. The lowest BCUT2D eigenvalue weighted by atomic mass is 10.1. The molecule has 0 aromatic heterocycles. The number of hydrogen-bond acceptors (Lipinski definition) is 4. The molecule has 0 spiro atoms. The van der Waals surface area contributed by atoms with E-state index in [2.05, 4.69) is 5.32 Å². The van der Waals surface area contributed by atoms with Gasteiger partial charge in [-0.3, -0.25) is 13.9 Å². The van der Waals surface area contributed by atoms with Crippen LogP contribution in [0.2, 0.25) is 0 Å². The summed E-state index contributed by atoms with van der Waals surface area (Å²) in [4.78, 5) is 27.3. The van der Waals surface area contributed by atoms with Crippen LogP contribution in [0.25, 0.3) is 0 Å². The molecule has 2 amide bonds. The molecule has 0 saturated heterocycles. The van der Waals surface area contributed by atoms with Crippen molar-refractivity contribution in [2.24, 2.45) is 5.92 Å². The maximum atomic E-state index is 13.3. The van der Waals surface area contributed by atoms with E-state index in [-0.39, 0.29) is 49.5 Å². The van der Waals surface area contributed by atoms with Gasteiger partial charge in [0.15, 0.2) is 0 Å². The van der Waals surface area contributed by atoms with Crippen molar-refractivity contribution in [2.75, 3.05) is 23.7 Å². The smallest absolute Gasteiger partial charge is 0.242 e. The van der Waals surface area contributed by atoms with Crippen LogP contribution < -0.4 is 9.62 Å². The Hall–Kier alpha value is -2.94. The van der Waals surface area contributed by atoms with E-state index in [0.29, 0.717) is 17.8 Å². The van der Waals surface area contributed by atoms with Gasteiger partial charge in [0, 0.05) is 26.1 Å². The Morgan fingerprint density at radius 3 is 2.18 bits per heavy atom. The van der Waals surface area contributed by atoms with Gasteiger partial charge < -0.3 is 10.2 Å². The Labute approximate surface area is 202 Å². The Morgan fingerprint density at radius 1 is 1.00 bits per heavy atom. The quantitative estimate of drug-likeness (QED) is 0.492. The van der Waals surface area contributed by atoms with E-state index >= 15 is 0 Å². The Balaban J connectivity index is 2.13. The summed E-state index contributed by atoms with van der Waals surface area (Å²) in [5, 5.41) is 2.85. The van der Waals surface area contributed by atoms with E-state index in [9.17, 15) is 22.4 Å². The molecule has 0 aliphatic rings. The standard InChI is InChI=1S/C25H34FN3O4S/c1-19(2)17-27-25(31)20(3)28(18-21-12-14-22(26)15-13-21)24(30)11-8-16-29(34(4,32)33)23-9-6-5-7-10-23/h5-7,9-10,12-15,19-20H,8,11,16-18H2,1-4H3,(H,27,31)/t20-/m0/s1. The first kappa shape index (κ1) is 27.3. The molecule has 2 aromatic rings. The summed E-state index contributed by atoms with van der Waals surface area (Å²) in [6, 6.07) is 13.7. The van der Waals surface area contributed by atoms with E-state index in [0.717, 1.165) is 6.26 Å². The summed E-state index contributed by atoms with van der Waals surface area (Å²) in [7, 11) is -3.53. The van der Waals surface area contributed by atoms with Crippen LogP contribution in [-0.4, -0.2) is 50.5 Å². The summed E-state index contributed by atoms with van der Waals surface area (Å²) in [5.41, 5.74) is 1.22. The molecule has 1 N–H and O–H groups in total. The fourth-order valence-electron chi connectivity index (χ4n) is 3.42. The van der Waals surface area contributed by atoms with Gasteiger partial charge in [-0.25, -0.2) is 12.8 Å². The lowest BCUT2D eigenvalue weighted by molar-refractivity contribution is -0.140. The Bertz CT molecular complexity index is 1040. The molecule has 0 unspecified atom stereocenters. The fourth-order valence-corrected chi connectivity index (χ4v) is 4.39. The summed E-state index contributed by atoms with van der Waals surface area (Å²) in [6.07, 6.45) is 1.46. The Kier molecular flexibility index (Phi) is 10.0. The van der Waals surface area contributed by atoms with Gasteiger partial charge in [-0.15, -0.1) is 0 Å². The van der Waals surface area contributed by atoms with Crippen molar-refractivity contribution < 1.29 is 22.4 Å². The zero-order chi connectivity index (χ0) is 25.3. The summed E-state index contributed by atoms with van der Waals surface area (Å²) >= 11 is 0. The first-order valence-electron chi connectivity index (χ1n) is 11.3. The van der Waals surface area contributed by atoms with Gasteiger partial charge in [-0.1, -0.05) is 44.2 Å². The van der Waals surface area contributed by atoms with E-state index in [4.69, 9.17) is 0 Å². The van der Waals surface area contributed by atoms with Crippen LogP contribution in [0.5, 0.6) is 0 Å². The highest BCUT2D eigenvalue weighted by Gasteiger charge is 2.26. The van der Waals surface area contributed by atoms with Crippen LogP contribution >= 0.6 is 0 Å². The second kappa shape index (κ2) is 12.5. The van der Waals surface area contributed by atoms with Crippen LogP contribution in [0.4, 0.5) is 10.1 Å². The number of carbonyl (C=O) groups is 2. The molecule has 7 nitrogen and oxygen atoms in total. The average Bonchev–Trinajstić information content (AvgIpc) is 2.79. The number of nitrogens with zero attached hydrogens (tertiary/aromatic N) is 2. The number of carbonyl (C=O) groups excluding carboxylic acids is 2. The van der Waals surface area contributed by atoms with Crippen LogP contribution in [0, 0.1) is 11.7 Å². The third kappa shape index (κ3) is 8.44. The zero-order valence-corrected chi connectivity index (χ0v) is 21.0. The number of anilines is 1. The third-order valence-corrected chi connectivity index (χ3v) is 6.51. The summed E-state index contributed by atoms with van der Waals surface area (Å²) in [6.45, 7) is 6.38. The fraction of sp³-hybridized carbons (Fsp3) is 0.440. The van der Waals surface area contributed by atoms with E-state index in [1.165, 1.54) is 21.3 Å². The molecule has 0 aliphatic carbocycles. The highest BCUT2D eigenvalue weighted by Crippen LogP contribution is 2.18. The van der Waals surface area contributed by atoms with Gasteiger partial charge in [0.25, 0.3) is 0 Å². The molecule has 1 atom stereocenters. The minimum atomic E-state index is -3.53. The Morgan fingerprint density at radius 2 is 1.62 bits per heavy atom. The van der Waals surface area contributed by atoms with Crippen LogP contribution in [0.15, 0.2) is 54.6 Å². The van der Waals surface area contributed by atoms with Gasteiger partial charge in [0.05, 0.1) is 11.9 Å². The SMILES string of the molecule is CC(C)CNC(=O)[C@H](C)N(Cc1ccc(F)cc1)C(=O)CCCN(c1ccccc1)S(C)(=O)=O. The van der Waals surface area contributed by atoms with Crippen molar-refractivity contribution in [1.29, 1.82) is 0 Å². The number of hydrogen-bond donors (Lipinski definition) is 1. The largest absolute Gasteiger partial charge is 0.354 e. The topological polar surface area (TPSA) is 86.8 Å². The maximum Gasteiger partial charge on any atom is 0.242 e. The molecule has 34 heavy (non-hydrogen) atoms. The second-order valence-electron chi connectivity index (χ2n) is 8.74. The summed E-state index contributed by atoms with van der Waals surface area (Å²) < 4.78 is 39.2. The van der Waals surface area contributed by atoms with Crippen LogP contribution in [0.3, 0.4) is 0 Å². The lowest BCUT2D eigenvalue weighted by Crippen LogP contribution is -2.48. The van der Waals surface area contributed by atoms with Gasteiger partial charge in [-0.05, 0) is 49.1 Å². The molecule has 0 fully saturated rings. The molecule has 0 bridgehead atoms. The normalized spacial score (nSPS) is 12.3. The minimum Gasteiger partial charge on any atom is -0.354 e. The van der Waals surface area contributed by atoms with Gasteiger partial charge in [0.1, 0.15) is 11.9 Å². The van der Waals surface area contributed by atoms with Gasteiger partial charge in [0.2, 0.25) is 21.8 Å². The van der Waals surface area contributed by atoms with E-state index in [1.54, 1.807) is 49.4 Å². The predicted octanol–water partition coefficient (Wildman–Crippen LogP) is 3.56.